The number of aliphatic hydroxyl groups excluding tert-OH is 1. The van der Waals surface area contributed by atoms with Crippen molar-refractivity contribution >= 4 is 27.3 Å². The average molecular weight is 314 g/mol. The molecule has 0 saturated heterocycles. The summed E-state index contributed by atoms with van der Waals surface area (Å²) in [4.78, 5) is 5.05. The van der Waals surface area contributed by atoms with Crippen molar-refractivity contribution in [2.75, 3.05) is 0 Å². The Hall–Kier alpha value is -0.910. The summed E-state index contributed by atoms with van der Waals surface area (Å²) in [6.45, 7) is 2.20. The topological polar surface area (TPSA) is 42.4 Å². The summed E-state index contributed by atoms with van der Waals surface area (Å²) in [5, 5.41) is 9.68. The molecular weight excluding hydrogens is 302 g/mol. The minimum absolute atomic E-state index is 0.478. The van der Waals surface area contributed by atoms with Crippen LogP contribution in [0.4, 0.5) is 0 Å². The Balaban J connectivity index is 2.14. The second kappa shape index (κ2) is 5.62. The normalized spacial score (nSPS) is 12.4. The second-order valence-electron chi connectivity index (χ2n) is 3.61. The predicted octanol–water partition coefficient (Wildman–Crippen LogP) is 3.54. The van der Waals surface area contributed by atoms with Gasteiger partial charge in [0.25, 0.3) is 0 Å². The Bertz CT molecular complexity index is 485. The number of hydrogen-bond donors (Lipinski definition) is 1. The number of thiazole rings is 1. The lowest BCUT2D eigenvalue weighted by atomic mass is 10.1. The molecule has 90 valence electrons. The van der Waals surface area contributed by atoms with Gasteiger partial charge in [0.15, 0.2) is 0 Å². The summed E-state index contributed by atoms with van der Waals surface area (Å²) >= 11 is 4.93. The zero-order chi connectivity index (χ0) is 12.3. The molecule has 2 aromatic rings. The van der Waals surface area contributed by atoms with E-state index in [1.54, 1.807) is 30.0 Å². The molecule has 0 saturated carbocycles. The lowest BCUT2D eigenvalue weighted by Gasteiger charge is -2.13. The Morgan fingerprint density at radius 1 is 1.53 bits per heavy atom. The van der Waals surface area contributed by atoms with Crippen LogP contribution >= 0.6 is 27.3 Å². The van der Waals surface area contributed by atoms with Gasteiger partial charge < -0.3 is 9.84 Å². The fourth-order valence-electron chi connectivity index (χ4n) is 1.44. The van der Waals surface area contributed by atoms with Gasteiger partial charge in [-0.05, 0) is 25.1 Å². The van der Waals surface area contributed by atoms with Gasteiger partial charge in [0.2, 0.25) is 0 Å². The third kappa shape index (κ3) is 3.28. The molecule has 1 atom stereocenters. The molecule has 0 bridgehead atoms. The van der Waals surface area contributed by atoms with Crippen molar-refractivity contribution in [3.63, 3.8) is 0 Å². The minimum atomic E-state index is -0.552. The zero-order valence-electron chi connectivity index (χ0n) is 9.26. The van der Waals surface area contributed by atoms with Crippen molar-refractivity contribution < 1.29 is 9.84 Å². The maximum Gasteiger partial charge on any atom is 0.125 e. The number of aliphatic hydroxyl groups is 1. The highest BCUT2D eigenvalue weighted by Crippen LogP contribution is 2.29. The van der Waals surface area contributed by atoms with Crippen LogP contribution in [0.5, 0.6) is 5.75 Å². The van der Waals surface area contributed by atoms with Crippen LogP contribution in [0.3, 0.4) is 0 Å². The van der Waals surface area contributed by atoms with Crippen LogP contribution in [0.15, 0.2) is 34.4 Å². The van der Waals surface area contributed by atoms with Crippen LogP contribution in [0.2, 0.25) is 0 Å². The molecule has 0 amide bonds. The number of nitrogens with zero attached hydrogens (tertiary/aromatic N) is 1. The van der Waals surface area contributed by atoms with E-state index in [9.17, 15) is 5.11 Å². The van der Waals surface area contributed by atoms with Gasteiger partial charge in [-0.3, -0.25) is 4.98 Å². The van der Waals surface area contributed by atoms with E-state index >= 15 is 0 Å². The van der Waals surface area contributed by atoms with Crippen molar-refractivity contribution in [3.05, 3.63) is 44.8 Å². The number of benzene rings is 1. The molecule has 2 rings (SSSR count). The highest BCUT2D eigenvalue weighted by molar-refractivity contribution is 9.10. The van der Waals surface area contributed by atoms with Crippen molar-refractivity contribution in [1.29, 1.82) is 0 Å². The summed E-state index contributed by atoms with van der Waals surface area (Å²) in [5.74, 6) is 0.705. The maximum atomic E-state index is 9.68. The lowest BCUT2D eigenvalue weighted by Crippen LogP contribution is -2.00. The van der Waals surface area contributed by atoms with Gasteiger partial charge in [0.05, 0.1) is 16.5 Å². The van der Waals surface area contributed by atoms with Gasteiger partial charge in [0, 0.05) is 16.2 Å². The largest absolute Gasteiger partial charge is 0.488 e. The van der Waals surface area contributed by atoms with Gasteiger partial charge in [-0.25, -0.2) is 0 Å². The van der Waals surface area contributed by atoms with E-state index in [1.165, 1.54) is 0 Å². The summed E-state index contributed by atoms with van der Waals surface area (Å²) in [6.07, 6.45) is 1.23. The van der Waals surface area contributed by atoms with Crippen LogP contribution in [-0.4, -0.2) is 10.1 Å². The fourth-order valence-corrected chi connectivity index (χ4v) is 2.32. The lowest BCUT2D eigenvalue weighted by molar-refractivity contribution is 0.190. The standard InChI is InChI=1S/C12H12BrNO2S/c1-8(15)11-4-9(13)2-3-12(11)16-6-10-5-14-7-17-10/h2-5,7-8,15H,6H2,1H3/t8-/m0/s1. The molecule has 0 fully saturated rings. The van der Waals surface area contributed by atoms with Crippen molar-refractivity contribution in [1.82, 2.24) is 4.98 Å². The van der Waals surface area contributed by atoms with Gasteiger partial charge in [-0.15, -0.1) is 11.3 Å². The molecule has 0 unspecified atom stereocenters. The van der Waals surface area contributed by atoms with E-state index in [0.29, 0.717) is 12.4 Å². The highest BCUT2D eigenvalue weighted by Gasteiger charge is 2.10. The van der Waals surface area contributed by atoms with E-state index in [0.717, 1.165) is 14.9 Å². The first-order chi connectivity index (χ1) is 8.16. The fraction of sp³-hybridized carbons (Fsp3) is 0.250. The summed E-state index contributed by atoms with van der Waals surface area (Å²) < 4.78 is 6.62. The third-order valence-corrected chi connectivity index (χ3v) is 3.52. The van der Waals surface area contributed by atoms with E-state index in [-0.39, 0.29) is 0 Å². The van der Waals surface area contributed by atoms with Gasteiger partial charge in [-0.1, -0.05) is 15.9 Å². The monoisotopic (exact) mass is 313 g/mol. The predicted molar refractivity (Wildman–Crippen MR) is 71.2 cm³/mol. The van der Waals surface area contributed by atoms with Crippen molar-refractivity contribution in [3.8, 4) is 5.75 Å². The Kier molecular flexibility index (Phi) is 4.15. The van der Waals surface area contributed by atoms with Gasteiger partial charge >= 0.3 is 0 Å². The SMILES string of the molecule is C[C@H](O)c1cc(Br)ccc1OCc1cncs1. The second-order valence-corrected chi connectivity index (χ2v) is 5.50. The first-order valence-corrected chi connectivity index (χ1v) is 6.82. The summed E-state index contributed by atoms with van der Waals surface area (Å²) in [7, 11) is 0. The van der Waals surface area contributed by atoms with E-state index in [4.69, 9.17) is 4.74 Å². The number of hydrogen-bond acceptors (Lipinski definition) is 4. The molecule has 1 aromatic heterocycles. The molecule has 0 aliphatic carbocycles. The Morgan fingerprint density at radius 2 is 2.35 bits per heavy atom. The quantitative estimate of drug-likeness (QED) is 0.938. The first kappa shape index (κ1) is 12.5. The summed E-state index contributed by atoms with van der Waals surface area (Å²) in [5.41, 5.74) is 2.56. The third-order valence-electron chi connectivity index (χ3n) is 2.28. The van der Waals surface area contributed by atoms with Crippen LogP contribution in [0.1, 0.15) is 23.5 Å². The molecule has 0 aliphatic heterocycles. The smallest absolute Gasteiger partial charge is 0.125 e. The molecule has 0 spiro atoms. The molecule has 1 N–H and O–H groups in total. The molecule has 1 aromatic carbocycles. The molecule has 5 heteroatoms. The van der Waals surface area contributed by atoms with Crippen molar-refractivity contribution in [2.45, 2.75) is 19.6 Å². The molecule has 0 aliphatic rings. The minimum Gasteiger partial charge on any atom is -0.488 e. The molecule has 3 nitrogen and oxygen atoms in total. The van der Waals surface area contributed by atoms with Crippen molar-refractivity contribution in [2.24, 2.45) is 0 Å². The van der Waals surface area contributed by atoms with E-state index in [1.807, 2.05) is 18.2 Å². The molecule has 17 heavy (non-hydrogen) atoms. The van der Waals surface area contributed by atoms with Crippen LogP contribution < -0.4 is 4.74 Å². The molecule has 1 heterocycles. The average Bonchev–Trinajstić information content (AvgIpc) is 2.80. The highest BCUT2D eigenvalue weighted by atomic mass is 79.9. The van der Waals surface area contributed by atoms with Crippen LogP contribution in [-0.2, 0) is 6.61 Å². The van der Waals surface area contributed by atoms with Gasteiger partial charge in [-0.2, -0.15) is 0 Å². The zero-order valence-corrected chi connectivity index (χ0v) is 11.7. The Labute approximate surface area is 112 Å². The molecule has 0 radical (unpaired) electrons. The van der Waals surface area contributed by atoms with E-state index in [2.05, 4.69) is 20.9 Å². The van der Waals surface area contributed by atoms with E-state index < -0.39 is 6.10 Å². The number of aromatic nitrogens is 1. The number of halogens is 1. The Morgan fingerprint density at radius 3 is 3.00 bits per heavy atom. The van der Waals surface area contributed by atoms with Crippen LogP contribution in [0, 0.1) is 0 Å². The molecular formula is C12H12BrNO2S. The van der Waals surface area contributed by atoms with Gasteiger partial charge in [0.1, 0.15) is 12.4 Å². The first-order valence-electron chi connectivity index (χ1n) is 5.14. The maximum absolute atomic E-state index is 9.68. The summed E-state index contributed by atoms with van der Waals surface area (Å²) in [6, 6.07) is 5.62. The number of rotatable bonds is 4. The van der Waals surface area contributed by atoms with Crippen LogP contribution in [0.25, 0.3) is 0 Å². The number of ether oxygens (including phenoxy) is 1.